The van der Waals surface area contributed by atoms with Crippen molar-refractivity contribution in [1.82, 2.24) is 0 Å². The van der Waals surface area contributed by atoms with Crippen molar-refractivity contribution < 1.29 is 25.8 Å². The molecule has 102 valence electrons. The van der Waals surface area contributed by atoms with Gasteiger partial charge in [-0.2, -0.15) is 8.42 Å². The minimum Gasteiger partial charge on any atom is -0.282 e. The molecule has 1 aromatic carbocycles. The average Bonchev–Trinajstić information content (AvgIpc) is 2.26. The summed E-state index contributed by atoms with van der Waals surface area (Å²) in [5.41, 5.74) is 0.648. The van der Waals surface area contributed by atoms with E-state index in [1.165, 1.54) is 12.1 Å². The van der Waals surface area contributed by atoms with E-state index >= 15 is 0 Å². The Morgan fingerprint density at radius 2 is 1.72 bits per heavy atom. The van der Waals surface area contributed by atoms with Crippen LogP contribution in [0.3, 0.4) is 0 Å². The van der Waals surface area contributed by atoms with Crippen LogP contribution in [0.5, 0.6) is 0 Å². The highest BCUT2D eigenvalue weighted by Crippen LogP contribution is 2.24. The number of sulfonamides is 1. The van der Waals surface area contributed by atoms with Crippen molar-refractivity contribution in [3.63, 3.8) is 0 Å². The van der Waals surface area contributed by atoms with Crippen molar-refractivity contribution in [2.24, 2.45) is 0 Å². The second kappa shape index (κ2) is 4.82. The molecule has 0 aromatic heterocycles. The molecule has 0 saturated carbocycles. The second-order valence-electron chi connectivity index (χ2n) is 3.59. The van der Waals surface area contributed by atoms with Gasteiger partial charge in [-0.1, -0.05) is 18.2 Å². The standard InChI is InChI=1S/C9H12FNO5S2/c1-7-5-3-4-6-8(7)11(2)17(12,13)9(10)18(14,15)16/h3-6,9H,1-2H3,(H,14,15,16). The van der Waals surface area contributed by atoms with Gasteiger partial charge in [0, 0.05) is 7.05 Å². The molecule has 0 radical (unpaired) electrons. The molecule has 0 heterocycles. The lowest BCUT2D eigenvalue weighted by atomic mass is 10.2. The monoisotopic (exact) mass is 297 g/mol. The number of para-hydroxylation sites is 1. The van der Waals surface area contributed by atoms with Gasteiger partial charge in [0.15, 0.2) is 0 Å². The first-order valence-corrected chi connectivity index (χ1v) is 7.73. The average molecular weight is 297 g/mol. The molecule has 0 aliphatic rings. The smallest absolute Gasteiger partial charge is 0.282 e. The fourth-order valence-electron chi connectivity index (χ4n) is 1.33. The van der Waals surface area contributed by atoms with E-state index in [1.807, 2.05) is 0 Å². The summed E-state index contributed by atoms with van der Waals surface area (Å²) >= 11 is 0. The molecule has 0 saturated heterocycles. The molecule has 1 rings (SSSR count). The Kier molecular flexibility index (Phi) is 3.99. The molecule has 1 N–H and O–H groups in total. The van der Waals surface area contributed by atoms with Crippen LogP contribution in [-0.4, -0.2) is 33.3 Å². The van der Waals surface area contributed by atoms with E-state index in [0.29, 0.717) is 9.87 Å². The summed E-state index contributed by atoms with van der Waals surface area (Å²) in [6.07, 6.45) is 0. The molecule has 0 bridgehead atoms. The third-order valence-electron chi connectivity index (χ3n) is 2.30. The van der Waals surface area contributed by atoms with Gasteiger partial charge >= 0.3 is 15.0 Å². The van der Waals surface area contributed by atoms with E-state index in [4.69, 9.17) is 4.55 Å². The maximum absolute atomic E-state index is 13.3. The van der Waals surface area contributed by atoms with Crippen LogP contribution in [0.25, 0.3) is 0 Å². The van der Waals surface area contributed by atoms with Crippen molar-refractivity contribution >= 4 is 25.8 Å². The first-order valence-electron chi connectivity index (χ1n) is 4.72. The fourth-order valence-corrected chi connectivity index (χ4v) is 3.68. The van der Waals surface area contributed by atoms with Crippen LogP contribution in [0.4, 0.5) is 10.1 Å². The molecule has 0 aliphatic heterocycles. The summed E-state index contributed by atoms with van der Waals surface area (Å²) in [6, 6.07) is 6.15. The first-order chi connectivity index (χ1) is 8.08. The Bertz CT molecular complexity index is 641. The van der Waals surface area contributed by atoms with Crippen LogP contribution in [0, 0.1) is 6.92 Å². The quantitative estimate of drug-likeness (QED) is 0.834. The number of halogens is 1. The van der Waals surface area contributed by atoms with E-state index in [9.17, 15) is 21.2 Å². The molecule has 0 fully saturated rings. The van der Waals surface area contributed by atoms with Crippen LogP contribution in [-0.2, 0) is 20.1 Å². The zero-order valence-corrected chi connectivity index (χ0v) is 11.2. The van der Waals surface area contributed by atoms with E-state index in [-0.39, 0.29) is 5.69 Å². The summed E-state index contributed by atoms with van der Waals surface area (Å²) in [7, 11) is -9.16. The van der Waals surface area contributed by atoms with Gasteiger partial charge in [0.1, 0.15) is 0 Å². The number of hydrogen-bond acceptors (Lipinski definition) is 4. The van der Waals surface area contributed by atoms with Crippen LogP contribution in [0.2, 0.25) is 0 Å². The van der Waals surface area contributed by atoms with Crippen molar-refractivity contribution in [3.8, 4) is 0 Å². The number of anilines is 1. The molecular weight excluding hydrogens is 285 g/mol. The van der Waals surface area contributed by atoms with Crippen molar-refractivity contribution in [2.75, 3.05) is 11.4 Å². The minimum absolute atomic E-state index is 0.129. The van der Waals surface area contributed by atoms with E-state index < -0.39 is 25.0 Å². The summed E-state index contributed by atoms with van der Waals surface area (Å²) in [4.78, 5) is -3.41. The second-order valence-corrected chi connectivity index (χ2v) is 7.32. The molecule has 0 aliphatic carbocycles. The Morgan fingerprint density at radius 3 is 2.17 bits per heavy atom. The van der Waals surface area contributed by atoms with Crippen molar-refractivity contribution in [2.45, 2.75) is 11.8 Å². The van der Waals surface area contributed by atoms with Gasteiger partial charge in [-0.3, -0.25) is 8.86 Å². The maximum atomic E-state index is 13.3. The Balaban J connectivity index is 3.27. The number of hydrogen-bond donors (Lipinski definition) is 1. The number of aryl methyl sites for hydroxylation is 1. The topological polar surface area (TPSA) is 91.8 Å². The molecule has 0 spiro atoms. The van der Waals surface area contributed by atoms with Gasteiger partial charge < -0.3 is 0 Å². The molecule has 9 heteroatoms. The number of alkyl halides is 1. The van der Waals surface area contributed by atoms with Gasteiger partial charge in [0.05, 0.1) is 5.69 Å². The van der Waals surface area contributed by atoms with Crippen LogP contribution < -0.4 is 4.31 Å². The highest BCUT2D eigenvalue weighted by Gasteiger charge is 2.40. The van der Waals surface area contributed by atoms with Crippen LogP contribution >= 0.6 is 0 Å². The largest absolute Gasteiger partial charge is 0.342 e. The Hall–Kier alpha value is -1.19. The van der Waals surface area contributed by atoms with Gasteiger partial charge in [0.2, 0.25) is 0 Å². The summed E-state index contributed by atoms with van der Waals surface area (Å²) in [5.74, 6) is 0. The normalized spacial score (nSPS) is 14.2. The third kappa shape index (κ3) is 2.79. The number of rotatable bonds is 4. The lowest BCUT2D eigenvalue weighted by Gasteiger charge is -2.22. The number of benzene rings is 1. The predicted molar refractivity (Wildman–Crippen MR) is 64.9 cm³/mol. The van der Waals surface area contributed by atoms with E-state index in [1.54, 1.807) is 19.1 Å². The van der Waals surface area contributed by atoms with E-state index in [2.05, 4.69) is 0 Å². The van der Waals surface area contributed by atoms with Crippen molar-refractivity contribution in [3.05, 3.63) is 29.8 Å². The van der Waals surface area contributed by atoms with E-state index in [0.717, 1.165) is 7.05 Å². The molecular formula is C9H12FNO5S2. The Labute approximate surface area is 105 Å². The highest BCUT2D eigenvalue weighted by molar-refractivity contribution is 8.07. The molecule has 18 heavy (non-hydrogen) atoms. The fraction of sp³-hybridized carbons (Fsp3) is 0.333. The lowest BCUT2D eigenvalue weighted by Crippen LogP contribution is -2.38. The molecule has 1 aromatic rings. The lowest BCUT2D eigenvalue weighted by molar-refractivity contribution is 0.419. The Morgan fingerprint density at radius 1 is 1.22 bits per heavy atom. The van der Waals surface area contributed by atoms with Crippen LogP contribution in [0.15, 0.2) is 24.3 Å². The summed E-state index contributed by atoms with van der Waals surface area (Å²) < 4.78 is 66.7. The molecule has 1 unspecified atom stereocenters. The SMILES string of the molecule is Cc1ccccc1N(C)S(=O)(=O)C(F)S(=O)(=O)O. The number of nitrogens with zero attached hydrogens (tertiary/aromatic N) is 1. The van der Waals surface area contributed by atoms with Crippen LogP contribution in [0.1, 0.15) is 5.56 Å². The van der Waals surface area contributed by atoms with Gasteiger partial charge in [-0.25, -0.2) is 12.8 Å². The molecule has 6 nitrogen and oxygen atoms in total. The van der Waals surface area contributed by atoms with Gasteiger partial charge in [-0.15, -0.1) is 0 Å². The summed E-state index contributed by atoms with van der Waals surface area (Å²) in [5, 5.41) is 0. The first kappa shape index (κ1) is 14.9. The molecule has 0 amide bonds. The summed E-state index contributed by atoms with van der Waals surface area (Å²) in [6.45, 7) is 1.59. The van der Waals surface area contributed by atoms with Gasteiger partial charge in [-0.05, 0) is 18.6 Å². The maximum Gasteiger partial charge on any atom is 0.342 e. The zero-order valence-electron chi connectivity index (χ0n) is 9.61. The minimum atomic E-state index is -5.32. The third-order valence-corrected chi connectivity index (χ3v) is 5.66. The van der Waals surface area contributed by atoms with Crippen molar-refractivity contribution in [1.29, 1.82) is 0 Å². The van der Waals surface area contributed by atoms with Gasteiger partial charge in [0.25, 0.3) is 10.0 Å². The zero-order chi connectivity index (χ0) is 14.1. The highest BCUT2D eigenvalue weighted by atomic mass is 32.3. The predicted octanol–water partition coefficient (Wildman–Crippen LogP) is 0.902. The molecule has 1 atom stereocenters.